The Morgan fingerprint density at radius 2 is 0.905 bits per heavy atom. The first kappa shape index (κ1) is 77.9. The molecule has 0 aliphatic heterocycles. The number of carbonyl (C=O) groups is 11. The van der Waals surface area contributed by atoms with Crippen LogP contribution in [0.1, 0.15) is 156 Å². The SMILES string of the molecule is C/C=C/C[C@@H](C)[C@H](O)C(C(=O)N[C@@H](CC)C(=O)N(C)CC(=O)N(C)[C@H](C)C(N)=O)N(C)C(=O)[C@H](C(C)C)N(C)C(=O)[C@@H](CC(C)C)N(C)C(=O)[C@@H](CC(C)C)N(C)C(=O)[C@H](C)NC(=O)C(CC)NC(=O)[C@H](CC(C)C)N(C)C(=O)[C@H](C)C(C)C. The predicted octanol–water partition coefficient (Wildman–Crippen LogP) is 3.26. The van der Waals surface area contributed by atoms with Crippen molar-refractivity contribution in [2.24, 2.45) is 47.2 Å². The molecular formula is C61H111N11O12. The Labute approximate surface area is 503 Å². The number of hydrogen-bond acceptors (Lipinski definition) is 12. The monoisotopic (exact) mass is 1190 g/mol. The summed E-state index contributed by atoms with van der Waals surface area (Å²) in [6.45, 7) is 29.8. The van der Waals surface area contributed by atoms with Gasteiger partial charge in [-0.1, -0.05) is 109 Å². The van der Waals surface area contributed by atoms with Crippen LogP contribution in [0.15, 0.2) is 12.2 Å². The van der Waals surface area contributed by atoms with E-state index in [0.717, 1.165) is 14.7 Å². The van der Waals surface area contributed by atoms with Crippen molar-refractivity contribution in [3.8, 4) is 0 Å². The number of carbonyl (C=O) groups excluding carboxylic acids is 11. The number of nitrogens with one attached hydrogen (secondary N) is 3. The molecule has 0 aliphatic rings. The van der Waals surface area contributed by atoms with Crippen LogP contribution in [0.4, 0.5) is 0 Å². The van der Waals surface area contributed by atoms with E-state index < -0.39 is 138 Å². The second kappa shape index (κ2) is 36.0. The largest absolute Gasteiger partial charge is 0.390 e. The maximum absolute atomic E-state index is 15.1. The van der Waals surface area contributed by atoms with Crippen molar-refractivity contribution in [1.29, 1.82) is 0 Å². The van der Waals surface area contributed by atoms with E-state index >= 15 is 9.59 Å². The molecule has 0 bridgehead atoms. The first-order chi connectivity index (χ1) is 38.7. The summed E-state index contributed by atoms with van der Waals surface area (Å²) in [5.74, 6) is -8.45. The van der Waals surface area contributed by atoms with Gasteiger partial charge in [0.05, 0.1) is 12.6 Å². The van der Waals surface area contributed by atoms with E-state index in [1.165, 1.54) is 75.7 Å². The van der Waals surface area contributed by atoms with E-state index in [-0.39, 0.29) is 61.2 Å². The molecule has 0 fully saturated rings. The fourth-order valence-electron chi connectivity index (χ4n) is 9.87. The number of nitrogens with two attached hydrogens (primary N) is 1. The van der Waals surface area contributed by atoms with Gasteiger partial charge in [0, 0.05) is 55.3 Å². The maximum atomic E-state index is 15.1. The summed E-state index contributed by atoms with van der Waals surface area (Å²) in [5, 5.41) is 20.2. The van der Waals surface area contributed by atoms with Gasteiger partial charge in [-0.25, -0.2) is 0 Å². The number of nitrogens with zero attached hydrogens (tertiary/aromatic N) is 7. The molecule has 0 radical (unpaired) electrons. The lowest BCUT2D eigenvalue weighted by molar-refractivity contribution is -0.157. The highest BCUT2D eigenvalue weighted by atomic mass is 16.3. The van der Waals surface area contributed by atoms with Gasteiger partial charge in [0.15, 0.2) is 0 Å². The van der Waals surface area contributed by atoms with Gasteiger partial charge in [0.1, 0.15) is 54.4 Å². The van der Waals surface area contributed by atoms with Gasteiger partial charge in [0.2, 0.25) is 65.0 Å². The van der Waals surface area contributed by atoms with Crippen LogP contribution in [0.3, 0.4) is 0 Å². The Morgan fingerprint density at radius 1 is 0.476 bits per heavy atom. The predicted molar refractivity (Wildman–Crippen MR) is 326 cm³/mol. The number of primary amides is 1. The molecule has 2 unspecified atom stereocenters. The molecule has 6 N–H and O–H groups in total. The van der Waals surface area contributed by atoms with Crippen LogP contribution in [-0.4, -0.2) is 221 Å². The van der Waals surface area contributed by atoms with Crippen LogP contribution < -0.4 is 21.7 Å². The van der Waals surface area contributed by atoms with Gasteiger partial charge in [-0.15, -0.1) is 0 Å². The van der Waals surface area contributed by atoms with Crippen molar-refractivity contribution in [3.63, 3.8) is 0 Å². The van der Waals surface area contributed by atoms with Crippen LogP contribution in [0, 0.1) is 41.4 Å². The van der Waals surface area contributed by atoms with Gasteiger partial charge in [0.25, 0.3) is 0 Å². The number of aliphatic hydroxyl groups excluding tert-OH is 1. The summed E-state index contributed by atoms with van der Waals surface area (Å²) in [5.41, 5.74) is 5.38. The number of aliphatic hydroxyl groups is 1. The molecule has 23 nitrogen and oxygen atoms in total. The summed E-state index contributed by atoms with van der Waals surface area (Å²) in [6.07, 6.45) is 3.29. The first-order valence-corrected chi connectivity index (χ1v) is 30.0. The minimum absolute atomic E-state index is 0.0383. The average molecular weight is 1190 g/mol. The van der Waals surface area contributed by atoms with E-state index in [4.69, 9.17) is 5.73 Å². The summed E-state index contributed by atoms with van der Waals surface area (Å²) in [6, 6.07) is -10.4. The van der Waals surface area contributed by atoms with Crippen LogP contribution >= 0.6 is 0 Å². The van der Waals surface area contributed by atoms with Crippen molar-refractivity contribution < 1.29 is 57.8 Å². The Morgan fingerprint density at radius 3 is 1.33 bits per heavy atom. The second-order valence-electron chi connectivity index (χ2n) is 25.1. The lowest BCUT2D eigenvalue weighted by atomic mass is 9.91. The standard InChI is InChI=1S/C61H111N11O12/c1-25-28-29-39(14)51(74)50(55(78)65-44(27-3)58(81)66(18)33-48(73)67(19)42(17)52(62)75)72(24)61(84)49(38(12)13)71(23)60(83)47(32-36(8)9)70(22)59(82)46(31-35(6)7)69(21)57(80)41(16)63-53(76)43(26-2)64-54(77)45(30-34(4)5)68(20)56(79)40(15)37(10)11/h25,28,34-47,49-51,74H,26-27,29-33H2,1-24H3,(H2,62,75)(H,63,76)(H,64,77)(H,65,78)/b28-25+/t39-,40-,41+,42-,43?,44+,45+,46-,47-,49+,50?,51+/m1/s1. The van der Waals surface area contributed by atoms with Crippen LogP contribution in [0.2, 0.25) is 0 Å². The molecule has 0 saturated heterocycles. The zero-order chi connectivity index (χ0) is 65.7. The molecule has 0 saturated carbocycles. The molecule has 11 amide bonds. The lowest BCUT2D eigenvalue weighted by Crippen LogP contribution is -2.63. The lowest BCUT2D eigenvalue weighted by Gasteiger charge is -2.41. The minimum atomic E-state index is -1.59. The molecule has 0 aromatic heterocycles. The number of likely N-dealkylation sites (N-methyl/N-ethyl adjacent to an activating group) is 7. The average Bonchev–Trinajstić information content (AvgIpc) is 2.09. The maximum Gasteiger partial charge on any atom is 0.246 e. The highest BCUT2D eigenvalue weighted by molar-refractivity contribution is 5.98. The molecule has 12 atom stereocenters. The highest BCUT2D eigenvalue weighted by Crippen LogP contribution is 2.25. The van der Waals surface area contributed by atoms with E-state index in [0.29, 0.717) is 12.8 Å². The van der Waals surface area contributed by atoms with Gasteiger partial charge in [-0.3, -0.25) is 52.7 Å². The van der Waals surface area contributed by atoms with Gasteiger partial charge < -0.3 is 61.1 Å². The number of hydrogen-bond donors (Lipinski definition) is 5. The quantitative estimate of drug-likeness (QED) is 0.0572. The van der Waals surface area contributed by atoms with Crippen molar-refractivity contribution in [2.45, 2.75) is 217 Å². The van der Waals surface area contributed by atoms with Crippen molar-refractivity contribution in [2.75, 3.05) is 55.9 Å². The van der Waals surface area contributed by atoms with Crippen molar-refractivity contribution in [1.82, 2.24) is 50.2 Å². The zero-order valence-corrected chi connectivity index (χ0v) is 55.6. The molecular weight excluding hydrogens is 1080 g/mol. The number of allylic oxidation sites excluding steroid dienone is 2. The highest BCUT2D eigenvalue weighted by Gasteiger charge is 2.45. The van der Waals surface area contributed by atoms with Crippen LogP contribution in [-0.2, 0) is 52.7 Å². The van der Waals surface area contributed by atoms with Crippen LogP contribution in [0.5, 0.6) is 0 Å². The molecule has 0 aromatic rings. The molecule has 0 spiro atoms. The van der Waals surface area contributed by atoms with Crippen molar-refractivity contribution in [3.05, 3.63) is 12.2 Å². The number of rotatable bonds is 35. The zero-order valence-electron chi connectivity index (χ0n) is 55.6. The Balaban J connectivity index is 7.09. The minimum Gasteiger partial charge on any atom is -0.390 e. The van der Waals surface area contributed by atoms with Gasteiger partial charge in [-0.2, -0.15) is 0 Å². The molecule has 0 aromatic carbocycles. The van der Waals surface area contributed by atoms with Gasteiger partial charge in [-0.05, 0) is 94.8 Å². The fourth-order valence-corrected chi connectivity index (χ4v) is 9.87. The molecule has 0 heterocycles. The third-order valence-electron chi connectivity index (χ3n) is 16.1. The summed E-state index contributed by atoms with van der Waals surface area (Å²) in [7, 11) is 10.0. The topological polar surface area (TPSA) is 293 Å². The Hall–Kier alpha value is -6.13. The molecule has 482 valence electrons. The van der Waals surface area contributed by atoms with E-state index in [9.17, 15) is 48.3 Å². The Bertz CT molecular complexity index is 2260. The first-order valence-electron chi connectivity index (χ1n) is 30.0. The molecule has 84 heavy (non-hydrogen) atoms. The van der Waals surface area contributed by atoms with E-state index in [1.54, 1.807) is 60.7 Å². The normalized spacial score (nSPS) is 16.0. The van der Waals surface area contributed by atoms with Gasteiger partial charge >= 0.3 is 0 Å². The summed E-state index contributed by atoms with van der Waals surface area (Å²) in [4.78, 5) is 162. The van der Waals surface area contributed by atoms with E-state index in [1.807, 2.05) is 62.3 Å². The van der Waals surface area contributed by atoms with E-state index in [2.05, 4.69) is 16.0 Å². The molecule has 0 aliphatic carbocycles. The molecule has 0 rings (SSSR count). The summed E-state index contributed by atoms with van der Waals surface area (Å²) >= 11 is 0. The second-order valence-corrected chi connectivity index (χ2v) is 25.1. The smallest absolute Gasteiger partial charge is 0.246 e. The summed E-state index contributed by atoms with van der Waals surface area (Å²) < 4.78 is 0. The van der Waals surface area contributed by atoms with Crippen molar-refractivity contribution >= 4 is 65.0 Å². The number of amides is 11. The third kappa shape index (κ3) is 22.4. The Kier molecular flexibility index (Phi) is 33.4. The third-order valence-corrected chi connectivity index (χ3v) is 16.1. The van der Waals surface area contributed by atoms with Crippen LogP contribution in [0.25, 0.3) is 0 Å². The molecule has 23 heteroatoms. The fraction of sp³-hybridized carbons (Fsp3) is 0.787.